The number of hydrogen-bond acceptors (Lipinski definition) is 3. The number of carbonyl (C=O) groups is 1. The number of ether oxygens (including phenoxy) is 2. The maximum atomic E-state index is 12.1. The van der Waals surface area contributed by atoms with Crippen molar-refractivity contribution >= 4 is 5.91 Å². The zero-order valence-corrected chi connectivity index (χ0v) is 13.8. The third-order valence-corrected chi connectivity index (χ3v) is 3.60. The topological polar surface area (TPSA) is 38.8 Å². The van der Waals surface area contributed by atoms with Gasteiger partial charge in [-0.1, -0.05) is 19.9 Å². The van der Waals surface area contributed by atoms with E-state index < -0.39 is 0 Å². The zero-order valence-electron chi connectivity index (χ0n) is 13.8. The summed E-state index contributed by atoms with van der Waals surface area (Å²) < 4.78 is 11.3. The van der Waals surface area contributed by atoms with Crippen molar-refractivity contribution in [1.82, 2.24) is 4.90 Å². The van der Waals surface area contributed by atoms with Gasteiger partial charge < -0.3 is 14.4 Å². The fourth-order valence-corrected chi connectivity index (χ4v) is 2.70. The second-order valence-electron chi connectivity index (χ2n) is 6.07. The summed E-state index contributed by atoms with van der Waals surface area (Å²) in [6, 6.07) is 7.71. The van der Waals surface area contributed by atoms with Gasteiger partial charge in [0, 0.05) is 18.2 Å². The molecule has 0 aliphatic carbocycles. The Hall–Kier alpha value is -1.97. The van der Waals surface area contributed by atoms with Crippen LogP contribution in [0.2, 0.25) is 0 Å². The summed E-state index contributed by atoms with van der Waals surface area (Å²) in [5, 5.41) is 0. The second-order valence-corrected chi connectivity index (χ2v) is 6.07. The van der Waals surface area contributed by atoms with Crippen LogP contribution >= 0.6 is 0 Å². The number of amides is 1. The van der Waals surface area contributed by atoms with E-state index in [-0.39, 0.29) is 11.9 Å². The molecule has 0 saturated carbocycles. The van der Waals surface area contributed by atoms with Gasteiger partial charge in [0.25, 0.3) is 5.91 Å². The maximum absolute atomic E-state index is 12.1. The first-order valence-electron chi connectivity index (χ1n) is 7.91. The first kappa shape index (κ1) is 16.4. The molecule has 0 N–H and O–H groups in total. The predicted molar refractivity (Wildman–Crippen MR) is 87.0 cm³/mol. The molecular formula is C18H25NO3. The van der Waals surface area contributed by atoms with Gasteiger partial charge >= 0.3 is 0 Å². The van der Waals surface area contributed by atoms with Crippen LogP contribution in [-0.2, 0) is 4.79 Å². The molecule has 0 saturated heterocycles. The quantitative estimate of drug-likeness (QED) is 0.772. The van der Waals surface area contributed by atoms with Gasteiger partial charge in [0.2, 0.25) is 0 Å². The summed E-state index contributed by atoms with van der Waals surface area (Å²) in [5.41, 5.74) is 0. The van der Waals surface area contributed by atoms with Gasteiger partial charge in [0.1, 0.15) is 17.3 Å². The average Bonchev–Trinajstić information content (AvgIpc) is 2.79. The van der Waals surface area contributed by atoms with Gasteiger partial charge in [-0.3, -0.25) is 4.79 Å². The molecule has 0 aromatic heterocycles. The third-order valence-electron chi connectivity index (χ3n) is 3.60. The Bertz CT molecular complexity index is 551. The Morgan fingerprint density at radius 2 is 1.95 bits per heavy atom. The molecule has 22 heavy (non-hydrogen) atoms. The number of hydrogen-bond donors (Lipinski definition) is 0. The van der Waals surface area contributed by atoms with Gasteiger partial charge in [0.05, 0.1) is 13.2 Å². The van der Waals surface area contributed by atoms with E-state index in [1.54, 1.807) is 6.08 Å². The van der Waals surface area contributed by atoms with Crippen molar-refractivity contribution in [3.63, 3.8) is 0 Å². The minimum absolute atomic E-state index is 0.0316. The number of benzene rings is 1. The highest BCUT2D eigenvalue weighted by Crippen LogP contribution is 2.24. The minimum atomic E-state index is 0.0316. The molecule has 0 bridgehead atoms. The largest absolute Gasteiger partial charge is 0.494 e. The van der Waals surface area contributed by atoms with E-state index in [0.717, 1.165) is 12.2 Å². The average molecular weight is 303 g/mol. The molecular weight excluding hydrogens is 278 g/mol. The minimum Gasteiger partial charge on any atom is -0.494 e. The Balaban J connectivity index is 1.98. The lowest BCUT2D eigenvalue weighted by Gasteiger charge is -2.26. The molecule has 1 aliphatic rings. The summed E-state index contributed by atoms with van der Waals surface area (Å²) >= 11 is 0. The highest BCUT2D eigenvalue weighted by atomic mass is 16.5. The molecule has 120 valence electrons. The molecule has 4 heteroatoms. The highest BCUT2D eigenvalue weighted by molar-refractivity contribution is 5.91. The molecule has 0 radical (unpaired) electrons. The molecule has 0 unspecified atom stereocenters. The fraction of sp³-hybridized carbons (Fsp3) is 0.500. The summed E-state index contributed by atoms with van der Waals surface area (Å²) in [6.07, 6.45) is 2.58. The van der Waals surface area contributed by atoms with Crippen molar-refractivity contribution in [2.24, 2.45) is 5.92 Å². The molecule has 1 aromatic rings. The highest BCUT2D eigenvalue weighted by Gasteiger charge is 2.27. The van der Waals surface area contributed by atoms with Crippen LogP contribution in [0.5, 0.6) is 11.5 Å². The Labute approximate surface area is 132 Å². The van der Waals surface area contributed by atoms with Gasteiger partial charge in [-0.05, 0) is 38.3 Å². The van der Waals surface area contributed by atoms with Crippen LogP contribution in [0.15, 0.2) is 36.1 Å². The Kier molecular flexibility index (Phi) is 5.47. The van der Waals surface area contributed by atoms with E-state index >= 15 is 0 Å². The van der Waals surface area contributed by atoms with Crippen molar-refractivity contribution in [2.45, 2.75) is 40.2 Å². The molecule has 1 amide bonds. The van der Waals surface area contributed by atoms with E-state index in [1.807, 2.05) is 36.1 Å². The van der Waals surface area contributed by atoms with Crippen molar-refractivity contribution in [1.29, 1.82) is 0 Å². The zero-order chi connectivity index (χ0) is 16.1. The standard InChI is InChI=1S/C18H25NO3/c1-5-21-15-7-6-8-16(10-15)22-17-11-18(20)19(12-17)14(4)9-13(2)3/h6-8,10-11,13-14H,5,9,12H2,1-4H3/t14-/m0/s1. The van der Waals surface area contributed by atoms with E-state index in [4.69, 9.17) is 9.47 Å². The van der Waals surface area contributed by atoms with Gasteiger partial charge in [-0.25, -0.2) is 0 Å². The van der Waals surface area contributed by atoms with Gasteiger partial charge in [0.15, 0.2) is 0 Å². The monoisotopic (exact) mass is 303 g/mol. The van der Waals surface area contributed by atoms with Gasteiger partial charge in [-0.2, -0.15) is 0 Å². The Morgan fingerprint density at radius 1 is 1.23 bits per heavy atom. The van der Waals surface area contributed by atoms with Crippen LogP contribution in [0.3, 0.4) is 0 Å². The summed E-state index contributed by atoms with van der Waals surface area (Å²) in [6.45, 7) is 9.52. The van der Waals surface area contributed by atoms with Crippen molar-refractivity contribution in [2.75, 3.05) is 13.2 Å². The lowest BCUT2D eigenvalue weighted by Crippen LogP contribution is -2.36. The van der Waals surface area contributed by atoms with Crippen LogP contribution in [0.4, 0.5) is 0 Å². The molecule has 0 fully saturated rings. The normalized spacial score (nSPS) is 16.0. The van der Waals surface area contributed by atoms with Crippen molar-refractivity contribution in [3.8, 4) is 11.5 Å². The van der Waals surface area contributed by atoms with E-state index in [1.165, 1.54) is 0 Å². The van der Waals surface area contributed by atoms with E-state index in [9.17, 15) is 4.79 Å². The van der Waals surface area contributed by atoms with Crippen LogP contribution in [0, 0.1) is 5.92 Å². The second kappa shape index (κ2) is 7.34. The van der Waals surface area contributed by atoms with Crippen LogP contribution < -0.4 is 9.47 Å². The predicted octanol–water partition coefficient (Wildman–Crippen LogP) is 3.62. The smallest absolute Gasteiger partial charge is 0.250 e. The molecule has 1 aromatic carbocycles. The molecule has 2 rings (SSSR count). The fourth-order valence-electron chi connectivity index (χ4n) is 2.70. The molecule has 1 heterocycles. The third kappa shape index (κ3) is 4.26. The first-order valence-corrected chi connectivity index (χ1v) is 7.91. The lowest BCUT2D eigenvalue weighted by molar-refractivity contribution is -0.126. The number of carbonyl (C=O) groups excluding carboxylic acids is 1. The number of rotatable bonds is 7. The van der Waals surface area contributed by atoms with E-state index in [0.29, 0.717) is 30.6 Å². The molecule has 1 atom stereocenters. The van der Waals surface area contributed by atoms with Crippen LogP contribution in [0.25, 0.3) is 0 Å². The lowest BCUT2D eigenvalue weighted by atomic mass is 10.0. The molecule has 4 nitrogen and oxygen atoms in total. The molecule has 0 spiro atoms. The summed E-state index contributed by atoms with van der Waals surface area (Å²) in [5.74, 6) is 2.76. The summed E-state index contributed by atoms with van der Waals surface area (Å²) in [4.78, 5) is 14.0. The first-order chi connectivity index (χ1) is 10.5. The SMILES string of the molecule is CCOc1cccc(OC2=CC(=O)N([C@@H](C)CC(C)C)C2)c1. The Morgan fingerprint density at radius 3 is 2.64 bits per heavy atom. The van der Waals surface area contributed by atoms with Crippen molar-refractivity contribution < 1.29 is 14.3 Å². The summed E-state index contributed by atoms with van der Waals surface area (Å²) in [7, 11) is 0. The maximum Gasteiger partial charge on any atom is 0.250 e. The van der Waals surface area contributed by atoms with Gasteiger partial charge in [-0.15, -0.1) is 0 Å². The van der Waals surface area contributed by atoms with Crippen molar-refractivity contribution in [3.05, 3.63) is 36.1 Å². The van der Waals surface area contributed by atoms with Crippen LogP contribution in [0.1, 0.15) is 34.1 Å². The van der Waals surface area contributed by atoms with E-state index in [2.05, 4.69) is 20.8 Å². The van der Waals surface area contributed by atoms with Crippen LogP contribution in [-0.4, -0.2) is 30.0 Å². The number of nitrogens with zero attached hydrogens (tertiary/aromatic N) is 1. The molecule has 1 aliphatic heterocycles.